The van der Waals surface area contributed by atoms with Crippen molar-refractivity contribution in [2.75, 3.05) is 24.2 Å². The second-order valence-electron chi connectivity index (χ2n) is 6.30. The minimum atomic E-state index is -0.00166. The van der Waals surface area contributed by atoms with Gasteiger partial charge in [-0.1, -0.05) is 25.7 Å². The maximum absolute atomic E-state index is 12.3. The molecule has 1 aromatic heterocycles. The van der Waals surface area contributed by atoms with Crippen LogP contribution in [0.4, 0.5) is 5.69 Å². The van der Waals surface area contributed by atoms with Crippen LogP contribution >= 0.6 is 12.6 Å². The summed E-state index contributed by atoms with van der Waals surface area (Å²) < 4.78 is 1.63. The van der Waals surface area contributed by atoms with Crippen LogP contribution in [0.2, 0.25) is 0 Å². The first-order chi connectivity index (χ1) is 10.1. The summed E-state index contributed by atoms with van der Waals surface area (Å²) in [6.45, 7) is 3.63. The molecule has 0 bridgehead atoms. The molecule has 1 heterocycles. The maximum atomic E-state index is 12.3. The molecule has 0 saturated heterocycles. The van der Waals surface area contributed by atoms with E-state index in [1.165, 1.54) is 25.7 Å². The monoisotopic (exact) mass is 309 g/mol. The summed E-state index contributed by atoms with van der Waals surface area (Å²) in [7, 11) is 1.97. The minimum Gasteiger partial charge on any atom is -0.373 e. The zero-order valence-corrected chi connectivity index (χ0v) is 14.1. The summed E-state index contributed by atoms with van der Waals surface area (Å²) in [5, 5.41) is 4.39. The van der Waals surface area contributed by atoms with Crippen molar-refractivity contribution < 1.29 is 0 Å². The molecule has 0 radical (unpaired) electrons. The van der Waals surface area contributed by atoms with Gasteiger partial charge in [0, 0.05) is 19.7 Å². The highest BCUT2D eigenvalue weighted by molar-refractivity contribution is 7.80. The van der Waals surface area contributed by atoms with Gasteiger partial charge in [0.1, 0.15) is 0 Å². The first-order valence-electron chi connectivity index (χ1n) is 7.99. The normalized spacial score (nSPS) is 18.2. The lowest BCUT2D eigenvalue weighted by Gasteiger charge is -2.31. The van der Waals surface area contributed by atoms with Gasteiger partial charge >= 0.3 is 0 Å². The SMILES string of the molecule is CCN(C)c1cnn(CC2(CS)CCCCCC2)c(=O)c1. The molecule has 1 aliphatic rings. The molecule has 0 spiro atoms. The molecule has 0 aromatic carbocycles. The van der Waals surface area contributed by atoms with E-state index in [9.17, 15) is 4.79 Å². The predicted octanol–water partition coefficient (Wildman–Crippen LogP) is 2.97. The third-order valence-electron chi connectivity index (χ3n) is 4.76. The zero-order chi connectivity index (χ0) is 15.3. The average Bonchev–Trinajstić information content (AvgIpc) is 2.74. The fourth-order valence-corrected chi connectivity index (χ4v) is 3.51. The minimum absolute atomic E-state index is 0.00166. The molecular weight excluding hydrogens is 282 g/mol. The molecule has 5 heteroatoms. The molecule has 4 nitrogen and oxygen atoms in total. The van der Waals surface area contributed by atoms with Crippen LogP contribution < -0.4 is 10.5 Å². The number of aromatic nitrogens is 2. The van der Waals surface area contributed by atoms with E-state index in [0.29, 0.717) is 6.54 Å². The van der Waals surface area contributed by atoms with Crippen LogP contribution in [0.3, 0.4) is 0 Å². The molecule has 21 heavy (non-hydrogen) atoms. The summed E-state index contributed by atoms with van der Waals surface area (Å²) in [4.78, 5) is 14.4. The Morgan fingerprint density at radius 1 is 1.33 bits per heavy atom. The quantitative estimate of drug-likeness (QED) is 0.671. The van der Waals surface area contributed by atoms with Crippen LogP contribution in [0.15, 0.2) is 17.1 Å². The molecule has 1 saturated carbocycles. The highest BCUT2D eigenvalue weighted by Crippen LogP contribution is 2.37. The summed E-state index contributed by atoms with van der Waals surface area (Å²) in [6.07, 6.45) is 9.20. The Labute approximate surface area is 132 Å². The number of anilines is 1. The predicted molar refractivity (Wildman–Crippen MR) is 91.4 cm³/mol. The van der Waals surface area contributed by atoms with Crippen LogP contribution in [0.1, 0.15) is 45.4 Å². The zero-order valence-electron chi connectivity index (χ0n) is 13.2. The van der Waals surface area contributed by atoms with E-state index in [4.69, 9.17) is 0 Å². The molecule has 0 aliphatic heterocycles. The highest BCUT2D eigenvalue weighted by Gasteiger charge is 2.30. The van der Waals surface area contributed by atoms with Gasteiger partial charge in [-0.15, -0.1) is 0 Å². The molecule has 0 atom stereocenters. The first-order valence-corrected chi connectivity index (χ1v) is 8.63. The lowest BCUT2D eigenvalue weighted by molar-refractivity contribution is 0.226. The summed E-state index contributed by atoms with van der Waals surface area (Å²) in [6, 6.07) is 1.69. The average molecular weight is 309 g/mol. The summed E-state index contributed by atoms with van der Waals surface area (Å²) in [5.41, 5.74) is 1.02. The van der Waals surface area contributed by atoms with Gasteiger partial charge in [0.15, 0.2) is 0 Å². The van der Waals surface area contributed by atoms with E-state index < -0.39 is 0 Å². The molecule has 1 aliphatic carbocycles. The van der Waals surface area contributed by atoms with Gasteiger partial charge in [-0.2, -0.15) is 17.7 Å². The van der Waals surface area contributed by atoms with Crippen LogP contribution in [0, 0.1) is 5.41 Å². The van der Waals surface area contributed by atoms with Crippen LogP contribution in [0.25, 0.3) is 0 Å². The topological polar surface area (TPSA) is 38.1 Å². The number of thiol groups is 1. The van der Waals surface area contributed by atoms with Gasteiger partial charge in [-0.25, -0.2) is 4.68 Å². The Bertz CT molecular complexity index is 506. The van der Waals surface area contributed by atoms with Crippen molar-refractivity contribution in [3.63, 3.8) is 0 Å². The van der Waals surface area contributed by atoms with Crippen LogP contribution in [-0.2, 0) is 6.54 Å². The Kier molecular flexibility index (Phi) is 5.73. The van der Waals surface area contributed by atoms with Crippen molar-refractivity contribution >= 4 is 18.3 Å². The largest absolute Gasteiger partial charge is 0.373 e. The maximum Gasteiger partial charge on any atom is 0.268 e. The van der Waals surface area contributed by atoms with Crippen molar-refractivity contribution in [2.45, 2.75) is 52.0 Å². The molecule has 1 aromatic rings. The van der Waals surface area contributed by atoms with E-state index in [1.54, 1.807) is 16.9 Å². The van der Waals surface area contributed by atoms with Crippen molar-refractivity contribution in [3.8, 4) is 0 Å². The van der Waals surface area contributed by atoms with Gasteiger partial charge in [-0.3, -0.25) is 4.79 Å². The van der Waals surface area contributed by atoms with E-state index in [-0.39, 0.29) is 11.0 Å². The fraction of sp³-hybridized carbons (Fsp3) is 0.750. The number of rotatable bonds is 5. The van der Waals surface area contributed by atoms with Crippen LogP contribution in [0.5, 0.6) is 0 Å². The second kappa shape index (κ2) is 7.34. The van der Waals surface area contributed by atoms with Gasteiger partial charge < -0.3 is 4.90 Å². The standard InChI is InChI=1S/C16H27N3OS/c1-3-18(2)14-10-15(20)19(17-11-14)12-16(13-21)8-6-4-5-7-9-16/h10-11,21H,3-9,12-13H2,1-2H3. The lowest BCUT2D eigenvalue weighted by Crippen LogP contribution is -2.35. The van der Waals surface area contributed by atoms with Crippen molar-refractivity contribution in [3.05, 3.63) is 22.6 Å². The fourth-order valence-electron chi connectivity index (χ4n) is 3.10. The Morgan fingerprint density at radius 3 is 2.52 bits per heavy atom. The lowest BCUT2D eigenvalue weighted by atomic mass is 9.82. The van der Waals surface area contributed by atoms with Gasteiger partial charge in [0.25, 0.3) is 5.56 Å². The molecule has 1 fully saturated rings. The Hall–Kier alpha value is -0.970. The highest BCUT2D eigenvalue weighted by atomic mass is 32.1. The van der Waals surface area contributed by atoms with Crippen molar-refractivity contribution in [2.24, 2.45) is 5.41 Å². The molecular formula is C16H27N3OS. The molecule has 0 amide bonds. The number of hydrogen-bond donors (Lipinski definition) is 1. The molecule has 0 unspecified atom stereocenters. The van der Waals surface area contributed by atoms with Gasteiger partial charge in [0.05, 0.1) is 18.4 Å². The summed E-state index contributed by atoms with van der Waals surface area (Å²) >= 11 is 4.58. The number of hydrogen-bond acceptors (Lipinski definition) is 4. The van der Waals surface area contributed by atoms with Crippen molar-refractivity contribution in [1.29, 1.82) is 0 Å². The smallest absolute Gasteiger partial charge is 0.268 e. The summed E-state index contributed by atoms with van der Waals surface area (Å²) in [5.74, 6) is 0.831. The van der Waals surface area contributed by atoms with Crippen molar-refractivity contribution in [1.82, 2.24) is 9.78 Å². The Balaban J connectivity index is 2.19. The van der Waals surface area contributed by atoms with Gasteiger partial charge in [-0.05, 0) is 30.9 Å². The number of nitrogens with zero attached hydrogens (tertiary/aromatic N) is 3. The van der Waals surface area contributed by atoms with Gasteiger partial charge in [0.2, 0.25) is 0 Å². The van der Waals surface area contributed by atoms with Crippen LogP contribution in [-0.4, -0.2) is 29.1 Å². The van der Waals surface area contributed by atoms with E-state index in [2.05, 4.69) is 24.7 Å². The molecule has 0 N–H and O–H groups in total. The molecule has 118 valence electrons. The third-order valence-corrected chi connectivity index (χ3v) is 5.43. The Morgan fingerprint density at radius 2 is 2.00 bits per heavy atom. The second-order valence-corrected chi connectivity index (χ2v) is 6.61. The van der Waals surface area contributed by atoms with E-state index in [0.717, 1.165) is 30.8 Å². The molecule has 2 rings (SSSR count). The first kappa shape index (κ1) is 16.4. The van der Waals surface area contributed by atoms with E-state index in [1.807, 2.05) is 11.9 Å². The van der Waals surface area contributed by atoms with E-state index >= 15 is 0 Å². The third kappa shape index (κ3) is 4.02.